The van der Waals surface area contributed by atoms with Crippen LogP contribution in [0.1, 0.15) is 6.92 Å². The van der Waals surface area contributed by atoms with Gasteiger partial charge in [-0.05, 0) is 13.8 Å². The molecule has 0 aromatic carbocycles. The molecule has 0 rings (SSSR count). The molecule has 2 radical (unpaired) electrons. The van der Waals surface area contributed by atoms with Gasteiger partial charge in [0.25, 0.3) is 0 Å². The molecule has 0 bridgehead atoms. The Morgan fingerprint density at radius 3 is 2.50 bits per heavy atom. The van der Waals surface area contributed by atoms with E-state index in [2.05, 4.69) is 15.9 Å². The minimum atomic E-state index is 0.856. The summed E-state index contributed by atoms with van der Waals surface area (Å²) < 4.78 is 0. The number of rotatable bonds is 1. The lowest BCUT2D eigenvalue weighted by Gasteiger charge is -1.78. The Morgan fingerprint density at radius 2 is 2.50 bits per heavy atom. The van der Waals surface area contributed by atoms with Crippen molar-refractivity contribution in [3.05, 3.63) is 18.6 Å². The summed E-state index contributed by atoms with van der Waals surface area (Å²) in [5.41, 5.74) is 0.867. The molecule has 0 aliphatic rings. The first-order chi connectivity index (χ1) is 2.77. The van der Waals surface area contributed by atoms with Gasteiger partial charge in [0.2, 0.25) is 0 Å². The molecular weight excluding hydrogens is 140 g/mol. The highest BCUT2D eigenvalue weighted by Crippen LogP contribution is 1.89. The van der Waals surface area contributed by atoms with Crippen LogP contribution in [0.25, 0.3) is 0 Å². The second kappa shape index (κ2) is 3.41. The maximum Gasteiger partial charge on any atom is 0.0214 e. The molecule has 0 heterocycles. The van der Waals surface area contributed by atoms with Gasteiger partial charge in [-0.1, -0.05) is 27.6 Å². The molecule has 0 atom stereocenters. The monoisotopic (exact) mass is 146 g/mol. The van der Waals surface area contributed by atoms with Crippen LogP contribution < -0.4 is 0 Å². The summed E-state index contributed by atoms with van der Waals surface area (Å²) in [6, 6.07) is 0. The van der Waals surface area contributed by atoms with E-state index in [4.69, 9.17) is 6.92 Å². The topological polar surface area (TPSA) is 0 Å². The van der Waals surface area contributed by atoms with E-state index in [-0.39, 0.29) is 0 Å². The maximum atomic E-state index is 5.23. The molecular formula is C5H7Br. The van der Waals surface area contributed by atoms with Crippen LogP contribution in [-0.4, -0.2) is 5.33 Å². The van der Waals surface area contributed by atoms with Gasteiger partial charge in [0.15, 0.2) is 0 Å². The third-order valence-corrected chi connectivity index (χ3v) is 0.723. The van der Waals surface area contributed by atoms with Crippen LogP contribution in [-0.2, 0) is 0 Å². The van der Waals surface area contributed by atoms with Crippen molar-refractivity contribution in [3.63, 3.8) is 0 Å². The van der Waals surface area contributed by atoms with Crippen molar-refractivity contribution in [3.8, 4) is 0 Å². The van der Waals surface area contributed by atoms with E-state index in [9.17, 15) is 0 Å². The van der Waals surface area contributed by atoms with Crippen molar-refractivity contribution < 1.29 is 0 Å². The standard InChI is InChI=1S/C5H7Br/c1-5(2)3-4-6/h1,3H,4H2,2H3. The molecule has 0 aromatic heterocycles. The zero-order valence-corrected chi connectivity index (χ0v) is 5.33. The maximum absolute atomic E-state index is 5.23. The number of allylic oxidation sites excluding steroid dienone is 2. The molecule has 0 fully saturated rings. The average Bonchev–Trinajstić information content (AvgIpc) is 1.35. The van der Waals surface area contributed by atoms with Crippen molar-refractivity contribution in [1.29, 1.82) is 0 Å². The Labute approximate surface area is 47.4 Å². The van der Waals surface area contributed by atoms with E-state index in [1.807, 2.05) is 13.0 Å². The van der Waals surface area contributed by atoms with E-state index in [0.717, 1.165) is 10.9 Å². The smallest absolute Gasteiger partial charge is 0.0214 e. The number of halogens is 1. The minimum absolute atomic E-state index is 0.856. The molecule has 0 spiro atoms. The third kappa shape index (κ3) is 4.22. The highest BCUT2D eigenvalue weighted by Gasteiger charge is 1.69. The van der Waals surface area contributed by atoms with Gasteiger partial charge in [0, 0.05) is 5.33 Å². The van der Waals surface area contributed by atoms with Crippen LogP contribution in [0, 0.1) is 6.92 Å². The predicted molar refractivity (Wildman–Crippen MR) is 31.9 cm³/mol. The second-order valence-corrected chi connectivity index (χ2v) is 1.75. The number of hydrogen-bond donors (Lipinski definition) is 0. The lowest BCUT2D eigenvalue weighted by atomic mass is 10.3. The lowest BCUT2D eigenvalue weighted by Crippen LogP contribution is -1.62. The van der Waals surface area contributed by atoms with Gasteiger partial charge in [-0.25, -0.2) is 0 Å². The molecule has 0 aromatic rings. The molecule has 0 N–H and O–H groups in total. The van der Waals surface area contributed by atoms with Gasteiger partial charge in [0.05, 0.1) is 0 Å². The quantitative estimate of drug-likeness (QED) is 0.498. The fourth-order valence-electron chi connectivity index (χ4n) is 0.122. The molecule has 1 heteroatoms. The van der Waals surface area contributed by atoms with Crippen molar-refractivity contribution in [2.75, 3.05) is 5.33 Å². The van der Waals surface area contributed by atoms with Gasteiger partial charge >= 0.3 is 0 Å². The SMILES string of the molecule is [CH]C(C)=CCBr. The van der Waals surface area contributed by atoms with Gasteiger partial charge < -0.3 is 0 Å². The summed E-state index contributed by atoms with van der Waals surface area (Å²) in [4.78, 5) is 0. The predicted octanol–water partition coefficient (Wildman–Crippen LogP) is 2.04. The molecule has 0 aliphatic heterocycles. The Hall–Kier alpha value is 0.220. The van der Waals surface area contributed by atoms with Crippen LogP contribution in [0.2, 0.25) is 0 Å². The molecule has 34 valence electrons. The summed E-state index contributed by atoms with van der Waals surface area (Å²) in [5, 5.41) is 0.856. The summed E-state index contributed by atoms with van der Waals surface area (Å²) in [6.45, 7) is 7.10. The summed E-state index contributed by atoms with van der Waals surface area (Å²) in [6.07, 6.45) is 1.90. The van der Waals surface area contributed by atoms with Gasteiger partial charge in [-0.3, -0.25) is 0 Å². The highest BCUT2D eigenvalue weighted by atomic mass is 79.9. The fraction of sp³-hybridized carbons (Fsp3) is 0.400. The molecule has 6 heavy (non-hydrogen) atoms. The number of alkyl halides is 1. The van der Waals surface area contributed by atoms with E-state index in [1.165, 1.54) is 0 Å². The average molecular weight is 147 g/mol. The minimum Gasteiger partial charge on any atom is -0.0883 e. The second-order valence-electron chi connectivity index (χ2n) is 1.10. The highest BCUT2D eigenvalue weighted by molar-refractivity contribution is 9.09. The fourth-order valence-corrected chi connectivity index (χ4v) is 0.632. The van der Waals surface area contributed by atoms with Crippen LogP contribution >= 0.6 is 15.9 Å². The normalized spacial score (nSPS) is 12.2. The first-order valence-corrected chi connectivity index (χ1v) is 2.87. The summed E-state index contributed by atoms with van der Waals surface area (Å²) >= 11 is 3.19. The van der Waals surface area contributed by atoms with E-state index >= 15 is 0 Å². The molecule has 0 saturated carbocycles. The van der Waals surface area contributed by atoms with Gasteiger partial charge in [0.1, 0.15) is 0 Å². The van der Waals surface area contributed by atoms with Crippen LogP contribution in [0.3, 0.4) is 0 Å². The van der Waals surface area contributed by atoms with Crippen molar-refractivity contribution in [1.82, 2.24) is 0 Å². The Bertz CT molecular complexity index is 51.0. The van der Waals surface area contributed by atoms with Crippen LogP contribution in [0.4, 0.5) is 0 Å². The third-order valence-electron chi connectivity index (χ3n) is 0.399. The zero-order chi connectivity index (χ0) is 4.99. The Kier molecular flexibility index (Phi) is 3.54. The van der Waals surface area contributed by atoms with Crippen LogP contribution in [0.15, 0.2) is 11.6 Å². The molecule has 0 unspecified atom stereocenters. The van der Waals surface area contributed by atoms with Crippen molar-refractivity contribution in [2.24, 2.45) is 0 Å². The Morgan fingerprint density at radius 1 is 2.00 bits per heavy atom. The first kappa shape index (κ1) is 6.22. The summed E-state index contributed by atoms with van der Waals surface area (Å²) in [5.74, 6) is 0. The largest absolute Gasteiger partial charge is 0.0883 e. The molecule has 0 aliphatic carbocycles. The van der Waals surface area contributed by atoms with Gasteiger partial charge in [-0.2, -0.15) is 0 Å². The van der Waals surface area contributed by atoms with Crippen molar-refractivity contribution in [2.45, 2.75) is 6.92 Å². The van der Waals surface area contributed by atoms with Crippen molar-refractivity contribution >= 4 is 15.9 Å². The zero-order valence-electron chi connectivity index (χ0n) is 3.74. The lowest BCUT2D eigenvalue weighted by molar-refractivity contribution is 1.50. The van der Waals surface area contributed by atoms with E-state index in [0.29, 0.717) is 0 Å². The molecule has 0 saturated heterocycles. The van der Waals surface area contributed by atoms with E-state index in [1.54, 1.807) is 0 Å². The first-order valence-electron chi connectivity index (χ1n) is 1.75. The van der Waals surface area contributed by atoms with E-state index < -0.39 is 0 Å². The van der Waals surface area contributed by atoms with Crippen LogP contribution in [0.5, 0.6) is 0 Å². The molecule has 0 amide bonds. The summed E-state index contributed by atoms with van der Waals surface area (Å²) in [7, 11) is 0. The Balaban J connectivity index is 3.14. The van der Waals surface area contributed by atoms with Gasteiger partial charge in [-0.15, -0.1) is 0 Å². The molecule has 0 nitrogen and oxygen atoms in total. The number of hydrogen-bond acceptors (Lipinski definition) is 0.